The van der Waals surface area contributed by atoms with E-state index in [4.69, 9.17) is 24.1 Å². The molecule has 0 aromatic rings. The van der Waals surface area contributed by atoms with E-state index in [1.165, 1.54) is 14.0 Å². The van der Waals surface area contributed by atoms with E-state index in [1.807, 2.05) is 0 Å². The summed E-state index contributed by atoms with van der Waals surface area (Å²) >= 11 is 0. The van der Waals surface area contributed by atoms with Gasteiger partial charge in [0.1, 0.15) is 42.7 Å². The second-order valence-electron chi connectivity index (χ2n) is 5.72. The van der Waals surface area contributed by atoms with Crippen molar-refractivity contribution in [3.63, 3.8) is 0 Å². The van der Waals surface area contributed by atoms with Crippen molar-refractivity contribution in [2.75, 3.05) is 13.7 Å². The largest absolute Gasteiger partial charge is 0.394 e. The van der Waals surface area contributed by atoms with Crippen molar-refractivity contribution in [3.8, 4) is 0 Å². The SMILES string of the molecule is CO[C@@H]1[C@H](O[C@@H]2[C@@H](O)[C@@H](O)O[C@H](CO)[C@H]2O)O[C@@H](C)[C@@H](O)[C@H]1O. The van der Waals surface area contributed by atoms with Crippen LogP contribution in [0.4, 0.5) is 0 Å². The summed E-state index contributed by atoms with van der Waals surface area (Å²) in [7, 11) is 1.28. The monoisotopic (exact) mass is 340 g/mol. The molecule has 0 saturated carbocycles. The summed E-state index contributed by atoms with van der Waals surface area (Å²) in [4.78, 5) is 0. The van der Waals surface area contributed by atoms with Gasteiger partial charge in [0.05, 0.1) is 12.7 Å². The van der Waals surface area contributed by atoms with Crippen LogP contribution in [0.2, 0.25) is 0 Å². The van der Waals surface area contributed by atoms with Gasteiger partial charge in [-0.2, -0.15) is 0 Å². The summed E-state index contributed by atoms with van der Waals surface area (Å²) in [5.41, 5.74) is 0. The molecule has 10 nitrogen and oxygen atoms in total. The molecule has 0 radical (unpaired) electrons. The summed E-state index contributed by atoms with van der Waals surface area (Å²) in [5.74, 6) is 0. The van der Waals surface area contributed by atoms with Crippen LogP contribution in [0.5, 0.6) is 0 Å². The molecule has 6 N–H and O–H groups in total. The highest BCUT2D eigenvalue weighted by Crippen LogP contribution is 2.29. The number of hydrogen-bond donors (Lipinski definition) is 6. The van der Waals surface area contributed by atoms with Crippen molar-refractivity contribution in [1.29, 1.82) is 0 Å². The van der Waals surface area contributed by atoms with Gasteiger partial charge in [-0.1, -0.05) is 0 Å². The van der Waals surface area contributed by atoms with Crippen molar-refractivity contribution in [2.24, 2.45) is 0 Å². The molecule has 0 unspecified atom stereocenters. The second kappa shape index (κ2) is 7.66. The van der Waals surface area contributed by atoms with Crippen LogP contribution in [0.15, 0.2) is 0 Å². The molecular formula is C13H24O10. The molecule has 2 aliphatic rings. The smallest absolute Gasteiger partial charge is 0.187 e. The molecule has 2 rings (SSSR count). The average molecular weight is 340 g/mol. The Bertz CT molecular complexity index is 382. The van der Waals surface area contributed by atoms with E-state index >= 15 is 0 Å². The van der Waals surface area contributed by atoms with E-state index in [0.29, 0.717) is 0 Å². The van der Waals surface area contributed by atoms with Crippen LogP contribution < -0.4 is 0 Å². The van der Waals surface area contributed by atoms with Crippen LogP contribution in [-0.2, 0) is 18.9 Å². The van der Waals surface area contributed by atoms with E-state index in [9.17, 15) is 25.5 Å². The molecule has 2 heterocycles. The molecule has 0 bridgehead atoms. The minimum absolute atomic E-state index is 0.595. The molecular weight excluding hydrogens is 316 g/mol. The molecule has 0 aromatic heterocycles. The fourth-order valence-corrected chi connectivity index (χ4v) is 2.75. The quantitative estimate of drug-likeness (QED) is 0.300. The maximum Gasteiger partial charge on any atom is 0.187 e. The molecule has 2 aliphatic heterocycles. The maximum atomic E-state index is 10.1. The summed E-state index contributed by atoms with van der Waals surface area (Å²) in [5, 5.41) is 58.6. The molecule has 136 valence electrons. The standard InChI is InChI=1S/C13H24O10/c1-4-6(15)8(17)11(20-2)13(21-4)23-10-7(16)5(3-14)22-12(19)9(10)18/h4-19H,3H2,1-2H3/t4-,5+,6+,7+,8+,9+,10-,11-,12-,13-/m0/s1. The first kappa shape index (κ1) is 18.9. The molecule has 0 spiro atoms. The molecule has 10 atom stereocenters. The zero-order chi connectivity index (χ0) is 17.3. The zero-order valence-electron chi connectivity index (χ0n) is 12.8. The predicted octanol–water partition coefficient (Wildman–Crippen LogP) is -3.72. The van der Waals surface area contributed by atoms with Gasteiger partial charge in [0.2, 0.25) is 0 Å². The first-order chi connectivity index (χ1) is 10.8. The van der Waals surface area contributed by atoms with Crippen molar-refractivity contribution in [2.45, 2.75) is 68.3 Å². The van der Waals surface area contributed by atoms with E-state index < -0.39 is 68.0 Å². The summed E-state index contributed by atoms with van der Waals surface area (Å²) in [6.07, 6.45) is -12.8. The second-order valence-corrected chi connectivity index (χ2v) is 5.72. The Labute approximate surface area is 132 Å². The van der Waals surface area contributed by atoms with Gasteiger partial charge < -0.3 is 49.6 Å². The third-order valence-electron chi connectivity index (χ3n) is 4.19. The van der Waals surface area contributed by atoms with Crippen LogP contribution in [0.25, 0.3) is 0 Å². The maximum absolute atomic E-state index is 10.1. The molecule has 23 heavy (non-hydrogen) atoms. The van der Waals surface area contributed by atoms with Gasteiger partial charge in [0.25, 0.3) is 0 Å². The van der Waals surface area contributed by atoms with E-state index in [-0.39, 0.29) is 0 Å². The first-order valence-electron chi connectivity index (χ1n) is 7.32. The van der Waals surface area contributed by atoms with Gasteiger partial charge in [-0.3, -0.25) is 0 Å². The minimum Gasteiger partial charge on any atom is -0.394 e. The predicted molar refractivity (Wildman–Crippen MR) is 72.0 cm³/mol. The van der Waals surface area contributed by atoms with Gasteiger partial charge in [0.15, 0.2) is 12.6 Å². The Morgan fingerprint density at radius 2 is 1.52 bits per heavy atom. The zero-order valence-corrected chi connectivity index (χ0v) is 12.8. The molecule has 0 amide bonds. The lowest BCUT2D eigenvalue weighted by atomic mass is 9.97. The van der Waals surface area contributed by atoms with Crippen molar-refractivity contribution >= 4 is 0 Å². The average Bonchev–Trinajstić information content (AvgIpc) is 2.53. The number of aliphatic hydroxyl groups is 6. The van der Waals surface area contributed by atoms with E-state index in [2.05, 4.69) is 0 Å². The van der Waals surface area contributed by atoms with Crippen molar-refractivity contribution in [1.82, 2.24) is 0 Å². The topological polar surface area (TPSA) is 158 Å². The Hall–Kier alpha value is -0.400. The third kappa shape index (κ3) is 3.66. The lowest BCUT2D eigenvalue weighted by molar-refractivity contribution is -0.354. The van der Waals surface area contributed by atoms with Gasteiger partial charge in [-0.15, -0.1) is 0 Å². The van der Waals surface area contributed by atoms with Gasteiger partial charge in [0, 0.05) is 7.11 Å². The van der Waals surface area contributed by atoms with Crippen LogP contribution >= 0.6 is 0 Å². The fourth-order valence-electron chi connectivity index (χ4n) is 2.75. The van der Waals surface area contributed by atoms with E-state index in [0.717, 1.165) is 0 Å². The normalized spacial score (nSPS) is 51.7. The number of methoxy groups -OCH3 is 1. The lowest BCUT2D eigenvalue weighted by Crippen LogP contribution is -2.64. The molecule has 2 saturated heterocycles. The van der Waals surface area contributed by atoms with Crippen molar-refractivity contribution in [3.05, 3.63) is 0 Å². The summed E-state index contributed by atoms with van der Waals surface area (Å²) in [6.45, 7) is 0.917. The van der Waals surface area contributed by atoms with Crippen LogP contribution in [0.3, 0.4) is 0 Å². The number of aliphatic hydroxyl groups excluding tert-OH is 6. The molecule has 2 fully saturated rings. The highest BCUT2D eigenvalue weighted by molar-refractivity contribution is 4.93. The molecule has 10 heteroatoms. The first-order valence-corrected chi connectivity index (χ1v) is 7.32. The lowest BCUT2D eigenvalue weighted by Gasteiger charge is -2.45. The Morgan fingerprint density at radius 3 is 2.09 bits per heavy atom. The molecule has 0 aliphatic carbocycles. The van der Waals surface area contributed by atoms with Crippen molar-refractivity contribution < 1.29 is 49.6 Å². The summed E-state index contributed by atoms with van der Waals surface area (Å²) in [6, 6.07) is 0. The van der Waals surface area contributed by atoms with Crippen LogP contribution in [0, 0.1) is 0 Å². The molecule has 0 aromatic carbocycles. The summed E-state index contributed by atoms with van der Waals surface area (Å²) < 4.78 is 20.8. The van der Waals surface area contributed by atoms with Gasteiger partial charge >= 0.3 is 0 Å². The number of hydrogen-bond acceptors (Lipinski definition) is 10. The Balaban J connectivity index is 2.14. The fraction of sp³-hybridized carbons (Fsp3) is 1.00. The Morgan fingerprint density at radius 1 is 0.870 bits per heavy atom. The highest BCUT2D eigenvalue weighted by Gasteiger charge is 2.50. The van der Waals surface area contributed by atoms with Crippen LogP contribution in [-0.4, -0.2) is 106 Å². The Kier molecular flexibility index (Phi) is 6.30. The third-order valence-corrected chi connectivity index (χ3v) is 4.19. The van der Waals surface area contributed by atoms with Gasteiger partial charge in [-0.25, -0.2) is 0 Å². The highest BCUT2D eigenvalue weighted by atomic mass is 16.7. The van der Waals surface area contributed by atoms with E-state index in [1.54, 1.807) is 0 Å². The number of rotatable bonds is 4. The number of ether oxygens (including phenoxy) is 4. The minimum atomic E-state index is -1.67. The van der Waals surface area contributed by atoms with Gasteiger partial charge in [-0.05, 0) is 6.92 Å². The van der Waals surface area contributed by atoms with Crippen LogP contribution in [0.1, 0.15) is 6.92 Å².